The van der Waals surface area contributed by atoms with Crippen molar-refractivity contribution in [2.24, 2.45) is 0 Å². The number of benzene rings is 1. The van der Waals surface area contributed by atoms with Gasteiger partial charge >= 0.3 is 6.18 Å². The van der Waals surface area contributed by atoms with Crippen molar-refractivity contribution < 1.29 is 22.7 Å². The standard InChI is InChI=1S/C19H18F3N3O3S2/c1-2-6-28-15-4-3-12(19(20,21)22)8-14(15)24-16(26)11-29-10-13-9-17(27)25-5-7-30-18(25)23-13/h3-5,7-9H,2,6,10-11H2,1H3,(H,24,26). The van der Waals surface area contributed by atoms with E-state index in [2.05, 4.69) is 10.3 Å². The number of nitrogens with zero attached hydrogens (tertiary/aromatic N) is 2. The summed E-state index contributed by atoms with van der Waals surface area (Å²) in [7, 11) is 0. The van der Waals surface area contributed by atoms with Crippen molar-refractivity contribution in [3.63, 3.8) is 0 Å². The van der Waals surface area contributed by atoms with Crippen LogP contribution in [-0.2, 0) is 16.7 Å². The minimum absolute atomic E-state index is 0.0189. The molecule has 0 fully saturated rings. The molecule has 0 aliphatic carbocycles. The van der Waals surface area contributed by atoms with Gasteiger partial charge in [0.05, 0.1) is 29.3 Å². The average Bonchev–Trinajstić information content (AvgIpc) is 3.15. The van der Waals surface area contributed by atoms with E-state index in [1.807, 2.05) is 6.92 Å². The summed E-state index contributed by atoms with van der Waals surface area (Å²) in [6.45, 7) is 2.18. The number of rotatable bonds is 8. The largest absolute Gasteiger partial charge is 0.491 e. The molecule has 3 rings (SSSR count). The second-order valence-corrected chi connectivity index (χ2v) is 8.10. The van der Waals surface area contributed by atoms with Crippen LogP contribution in [0, 0.1) is 0 Å². The van der Waals surface area contributed by atoms with E-state index >= 15 is 0 Å². The molecular weight excluding hydrogens is 439 g/mol. The zero-order valence-corrected chi connectivity index (χ0v) is 17.5. The summed E-state index contributed by atoms with van der Waals surface area (Å²) >= 11 is 2.53. The number of aromatic nitrogens is 2. The molecule has 1 N–H and O–H groups in total. The number of ether oxygens (including phenoxy) is 1. The molecule has 0 unspecified atom stereocenters. The van der Waals surface area contributed by atoms with Crippen molar-refractivity contribution in [3.05, 3.63) is 57.5 Å². The van der Waals surface area contributed by atoms with Gasteiger partial charge in [0.1, 0.15) is 5.75 Å². The second-order valence-electron chi connectivity index (χ2n) is 6.24. The van der Waals surface area contributed by atoms with E-state index in [4.69, 9.17) is 4.74 Å². The predicted molar refractivity (Wildman–Crippen MR) is 111 cm³/mol. The number of hydrogen-bond donors (Lipinski definition) is 1. The molecule has 1 aromatic carbocycles. The van der Waals surface area contributed by atoms with E-state index in [-0.39, 0.29) is 22.7 Å². The maximum atomic E-state index is 13.0. The highest BCUT2D eigenvalue weighted by Gasteiger charge is 2.31. The van der Waals surface area contributed by atoms with Gasteiger partial charge in [0.2, 0.25) is 5.91 Å². The zero-order chi connectivity index (χ0) is 21.7. The molecule has 160 valence electrons. The number of thioether (sulfide) groups is 1. The second kappa shape index (κ2) is 9.52. The Morgan fingerprint density at radius 1 is 1.33 bits per heavy atom. The van der Waals surface area contributed by atoms with Crippen LogP contribution in [0.5, 0.6) is 5.75 Å². The van der Waals surface area contributed by atoms with Crippen LogP contribution in [0.4, 0.5) is 18.9 Å². The minimum atomic E-state index is -4.53. The van der Waals surface area contributed by atoms with E-state index in [1.165, 1.54) is 39.6 Å². The fraction of sp³-hybridized carbons (Fsp3) is 0.316. The number of fused-ring (bicyclic) bond motifs is 1. The Bertz CT molecular complexity index is 1100. The highest BCUT2D eigenvalue weighted by Crippen LogP contribution is 2.35. The molecule has 0 bridgehead atoms. The number of carbonyl (C=O) groups excluding carboxylic acids is 1. The molecule has 0 aliphatic heterocycles. The van der Waals surface area contributed by atoms with Crippen LogP contribution in [-0.4, -0.2) is 27.7 Å². The van der Waals surface area contributed by atoms with Gasteiger partial charge in [-0.1, -0.05) is 6.92 Å². The Balaban J connectivity index is 1.64. The van der Waals surface area contributed by atoms with Crippen molar-refractivity contribution in [1.29, 1.82) is 0 Å². The smallest absolute Gasteiger partial charge is 0.416 e. The number of anilines is 1. The molecule has 0 aliphatic rings. The molecule has 0 atom stereocenters. The Hall–Kier alpha value is -2.53. The van der Waals surface area contributed by atoms with Gasteiger partial charge in [-0.2, -0.15) is 13.2 Å². The monoisotopic (exact) mass is 457 g/mol. The maximum Gasteiger partial charge on any atom is 0.416 e. The van der Waals surface area contributed by atoms with Gasteiger partial charge in [0, 0.05) is 23.4 Å². The van der Waals surface area contributed by atoms with Crippen molar-refractivity contribution >= 4 is 39.7 Å². The summed E-state index contributed by atoms with van der Waals surface area (Å²) in [6, 6.07) is 4.38. The lowest BCUT2D eigenvalue weighted by Crippen LogP contribution is -2.17. The Morgan fingerprint density at radius 3 is 2.87 bits per heavy atom. The number of alkyl halides is 3. The molecule has 30 heavy (non-hydrogen) atoms. The van der Waals surface area contributed by atoms with Gasteiger partial charge in [0.15, 0.2) is 4.96 Å². The highest BCUT2D eigenvalue weighted by atomic mass is 32.2. The summed E-state index contributed by atoms with van der Waals surface area (Å²) in [5, 5.41) is 4.24. The van der Waals surface area contributed by atoms with E-state index in [0.717, 1.165) is 12.1 Å². The third kappa shape index (κ3) is 5.54. The summed E-state index contributed by atoms with van der Waals surface area (Å²) in [5.41, 5.74) is -0.572. The van der Waals surface area contributed by atoms with Gasteiger partial charge in [0.25, 0.3) is 5.56 Å². The highest BCUT2D eigenvalue weighted by molar-refractivity contribution is 7.99. The molecule has 6 nitrogen and oxygen atoms in total. The third-order valence-electron chi connectivity index (χ3n) is 3.88. The summed E-state index contributed by atoms with van der Waals surface area (Å²) < 4.78 is 45.9. The van der Waals surface area contributed by atoms with Crippen LogP contribution in [0.25, 0.3) is 4.96 Å². The quantitative estimate of drug-likeness (QED) is 0.542. The van der Waals surface area contributed by atoms with Crippen molar-refractivity contribution in [3.8, 4) is 5.75 Å². The first-order valence-corrected chi connectivity index (χ1v) is 11.0. The number of nitrogens with one attached hydrogen (secondary N) is 1. The van der Waals surface area contributed by atoms with Gasteiger partial charge in [-0.05, 0) is 24.6 Å². The SMILES string of the molecule is CCCOc1ccc(C(F)(F)F)cc1NC(=O)CSCc1cc(=O)n2ccsc2n1. The lowest BCUT2D eigenvalue weighted by Gasteiger charge is -2.15. The molecule has 2 heterocycles. The molecule has 0 spiro atoms. The number of carbonyl (C=O) groups is 1. The number of thiazole rings is 1. The van der Waals surface area contributed by atoms with Crippen molar-refractivity contribution in [1.82, 2.24) is 9.38 Å². The van der Waals surface area contributed by atoms with Crippen LogP contribution < -0.4 is 15.6 Å². The molecule has 2 aromatic heterocycles. The van der Waals surface area contributed by atoms with E-state index < -0.39 is 17.6 Å². The molecule has 0 saturated heterocycles. The lowest BCUT2D eigenvalue weighted by molar-refractivity contribution is -0.137. The van der Waals surface area contributed by atoms with E-state index in [9.17, 15) is 22.8 Å². The van der Waals surface area contributed by atoms with Crippen molar-refractivity contribution in [2.45, 2.75) is 25.3 Å². The maximum absolute atomic E-state index is 13.0. The topological polar surface area (TPSA) is 72.7 Å². The minimum Gasteiger partial charge on any atom is -0.491 e. The van der Waals surface area contributed by atoms with Gasteiger partial charge in [-0.25, -0.2) is 4.98 Å². The van der Waals surface area contributed by atoms with Gasteiger partial charge in [-0.3, -0.25) is 14.0 Å². The number of amides is 1. The summed E-state index contributed by atoms with van der Waals surface area (Å²) in [5.74, 6) is 0.00369. The first kappa shape index (κ1) is 22.2. The van der Waals surface area contributed by atoms with Gasteiger partial charge in [-0.15, -0.1) is 23.1 Å². The molecular formula is C19H18F3N3O3S2. The Kier molecular flexibility index (Phi) is 7.03. The normalized spacial score (nSPS) is 11.6. The molecule has 0 saturated carbocycles. The van der Waals surface area contributed by atoms with Crippen LogP contribution in [0.15, 0.2) is 40.6 Å². The fourth-order valence-corrected chi connectivity index (χ4v) is 3.99. The molecule has 0 radical (unpaired) electrons. The average molecular weight is 457 g/mol. The van der Waals surface area contributed by atoms with Crippen LogP contribution in [0.2, 0.25) is 0 Å². The van der Waals surface area contributed by atoms with Crippen LogP contribution in [0.1, 0.15) is 24.6 Å². The van der Waals surface area contributed by atoms with Crippen molar-refractivity contribution in [2.75, 3.05) is 17.7 Å². The van der Waals surface area contributed by atoms with E-state index in [0.29, 0.717) is 29.4 Å². The fourth-order valence-electron chi connectivity index (χ4n) is 2.54. The molecule has 11 heteroatoms. The zero-order valence-electron chi connectivity index (χ0n) is 15.9. The van der Waals surface area contributed by atoms with Crippen LogP contribution >= 0.6 is 23.1 Å². The van der Waals surface area contributed by atoms with Gasteiger partial charge < -0.3 is 10.1 Å². The first-order chi connectivity index (χ1) is 14.3. The number of hydrogen-bond acceptors (Lipinski definition) is 6. The first-order valence-electron chi connectivity index (χ1n) is 8.95. The summed E-state index contributed by atoms with van der Waals surface area (Å²) in [6.07, 6.45) is -2.23. The Labute approximate surface area is 178 Å². The number of halogens is 3. The lowest BCUT2D eigenvalue weighted by atomic mass is 10.1. The van der Waals surface area contributed by atoms with E-state index in [1.54, 1.807) is 11.6 Å². The third-order valence-corrected chi connectivity index (χ3v) is 5.60. The Morgan fingerprint density at radius 2 is 2.13 bits per heavy atom. The molecule has 1 amide bonds. The molecule has 3 aromatic rings. The summed E-state index contributed by atoms with van der Waals surface area (Å²) in [4.78, 5) is 29.2. The van der Waals surface area contributed by atoms with Crippen LogP contribution in [0.3, 0.4) is 0 Å². The predicted octanol–water partition coefficient (Wildman–Crippen LogP) is 4.44.